The first-order valence-corrected chi connectivity index (χ1v) is 6.98. The number of benzene rings is 1. The van der Waals surface area contributed by atoms with Crippen molar-refractivity contribution < 1.29 is 9.47 Å². The molecule has 106 valence electrons. The van der Waals surface area contributed by atoms with Gasteiger partial charge in [0.25, 0.3) is 0 Å². The van der Waals surface area contributed by atoms with Gasteiger partial charge in [-0.2, -0.15) is 5.10 Å². The van der Waals surface area contributed by atoms with Gasteiger partial charge < -0.3 is 14.8 Å². The third-order valence-electron chi connectivity index (χ3n) is 3.06. The average molecular weight is 294 g/mol. The van der Waals surface area contributed by atoms with Crippen molar-refractivity contribution in [2.24, 2.45) is 0 Å². The summed E-state index contributed by atoms with van der Waals surface area (Å²) in [6.07, 6.45) is 2.61. The van der Waals surface area contributed by atoms with Crippen LogP contribution in [0.3, 0.4) is 0 Å². The summed E-state index contributed by atoms with van der Waals surface area (Å²) in [7, 11) is 0. The fourth-order valence-corrected chi connectivity index (χ4v) is 2.40. The van der Waals surface area contributed by atoms with Gasteiger partial charge >= 0.3 is 0 Å². The van der Waals surface area contributed by atoms with E-state index < -0.39 is 0 Å². The van der Waals surface area contributed by atoms with Crippen LogP contribution in [0.2, 0.25) is 5.02 Å². The summed E-state index contributed by atoms with van der Waals surface area (Å²) in [5, 5.41) is 10.7. The molecule has 5 nitrogen and oxygen atoms in total. The summed E-state index contributed by atoms with van der Waals surface area (Å²) in [5.74, 6) is 1.38. The Bertz CT molecular complexity index is 572. The van der Waals surface area contributed by atoms with E-state index in [1.165, 1.54) is 0 Å². The molecule has 0 spiro atoms. The Balaban J connectivity index is 1.67. The maximum absolute atomic E-state index is 6.25. The molecule has 6 heteroatoms. The van der Waals surface area contributed by atoms with E-state index in [9.17, 15) is 0 Å². The molecule has 1 aromatic carbocycles. The zero-order valence-corrected chi connectivity index (χ0v) is 11.7. The SMILES string of the molecule is Clc1cc(CNCc2ccn[nH]2)cc2c1OCCCO2. The molecule has 0 radical (unpaired) electrons. The highest BCUT2D eigenvalue weighted by molar-refractivity contribution is 6.32. The van der Waals surface area contributed by atoms with Crippen LogP contribution in [-0.2, 0) is 13.1 Å². The van der Waals surface area contributed by atoms with Gasteiger partial charge in [-0.15, -0.1) is 0 Å². The molecule has 2 heterocycles. The lowest BCUT2D eigenvalue weighted by Crippen LogP contribution is -2.13. The molecule has 0 amide bonds. The quantitative estimate of drug-likeness (QED) is 0.909. The summed E-state index contributed by atoms with van der Waals surface area (Å²) in [5.41, 5.74) is 2.12. The molecule has 3 rings (SSSR count). The predicted octanol–water partition coefficient (Wildman–Crippen LogP) is 2.51. The molecule has 1 aliphatic rings. The highest BCUT2D eigenvalue weighted by atomic mass is 35.5. The fraction of sp³-hybridized carbons (Fsp3) is 0.357. The molecule has 0 saturated carbocycles. The van der Waals surface area contributed by atoms with Crippen LogP contribution in [0.5, 0.6) is 11.5 Å². The van der Waals surface area contributed by atoms with Gasteiger partial charge in [0.2, 0.25) is 0 Å². The molecule has 0 atom stereocenters. The predicted molar refractivity (Wildman–Crippen MR) is 76.2 cm³/mol. The molecule has 0 unspecified atom stereocenters. The molecule has 0 aliphatic carbocycles. The van der Waals surface area contributed by atoms with Crippen LogP contribution in [0.4, 0.5) is 0 Å². The molecule has 0 saturated heterocycles. The van der Waals surface area contributed by atoms with Gasteiger partial charge in [0, 0.05) is 31.4 Å². The lowest BCUT2D eigenvalue weighted by molar-refractivity contribution is 0.297. The number of aromatic amines is 1. The monoisotopic (exact) mass is 293 g/mol. The van der Waals surface area contributed by atoms with Gasteiger partial charge in [-0.05, 0) is 23.8 Å². The molecule has 1 aromatic heterocycles. The fourth-order valence-electron chi connectivity index (χ4n) is 2.11. The van der Waals surface area contributed by atoms with Crippen molar-refractivity contribution in [3.05, 3.63) is 40.7 Å². The van der Waals surface area contributed by atoms with E-state index in [0.29, 0.717) is 30.5 Å². The summed E-state index contributed by atoms with van der Waals surface area (Å²) in [6.45, 7) is 2.74. The van der Waals surface area contributed by atoms with Gasteiger partial charge in [-0.1, -0.05) is 11.6 Å². The van der Waals surface area contributed by atoms with Crippen LogP contribution in [-0.4, -0.2) is 23.4 Å². The summed E-state index contributed by atoms with van der Waals surface area (Å²) >= 11 is 6.25. The summed E-state index contributed by atoms with van der Waals surface area (Å²) in [4.78, 5) is 0. The number of ether oxygens (including phenoxy) is 2. The summed E-state index contributed by atoms with van der Waals surface area (Å²) in [6, 6.07) is 5.83. The number of hydrogen-bond donors (Lipinski definition) is 2. The Kier molecular flexibility index (Phi) is 4.08. The van der Waals surface area contributed by atoms with Gasteiger partial charge in [0.15, 0.2) is 11.5 Å². The highest BCUT2D eigenvalue weighted by Crippen LogP contribution is 2.37. The van der Waals surface area contributed by atoms with E-state index >= 15 is 0 Å². The lowest BCUT2D eigenvalue weighted by Gasteiger charge is -2.12. The number of aromatic nitrogens is 2. The van der Waals surface area contributed by atoms with Crippen molar-refractivity contribution in [3.63, 3.8) is 0 Å². The molecule has 20 heavy (non-hydrogen) atoms. The van der Waals surface area contributed by atoms with E-state index in [2.05, 4.69) is 15.5 Å². The Labute approximate surface area is 122 Å². The molecule has 2 N–H and O–H groups in total. The van der Waals surface area contributed by atoms with E-state index in [0.717, 1.165) is 30.0 Å². The number of nitrogens with one attached hydrogen (secondary N) is 2. The number of nitrogens with zero attached hydrogens (tertiary/aromatic N) is 1. The first-order chi connectivity index (χ1) is 9.83. The van der Waals surface area contributed by atoms with Crippen molar-refractivity contribution in [1.82, 2.24) is 15.5 Å². The zero-order valence-electron chi connectivity index (χ0n) is 11.0. The number of rotatable bonds is 4. The van der Waals surface area contributed by atoms with Gasteiger partial charge in [-0.25, -0.2) is 0 Å². The van der Waals surface area contributed by atoms with Crippen molar-refractivity contribution in [2.45, 2.75) is 19.5 Å². The Hall–Kier alpha value is -1.72. The van der Waals surface area contributed by atoms with Crippen molar-refractivity contribution in [1.29, 1.82) is 0 Å². The number of halogens is 1. The van der Waals surface area contributed by atoms with Crippen LogP contribution in [0.15, 0.2) is 24.4 Å². The molecule has 2 aromatic rings. The van der Waals surface area contributed by atoms with Gasteiger partial charge in [0.1, 0.15) is 0 Å². The zero-order chi connectivity index (χ0) is 13.8. The molecule has 1 aliphatic heterocycles. The second-order valence-corrected chi connectivity index (χ2v) is 5.05. The Morgan fingerprint density at radius 2 is 2.15 bits per heavy atom. The topological polar surface area (TPSA) is 59.2 Å². The molecule has 0 bridgehead atoms. The Morgan fingerprint density at radius 1 is 1.25 bits per heavy atom. The first kappa shape index (κ1) is 13.3. The molecular weight excluding hydrogens is 278 g/mol. The number of fused-ring (bicyclic) bond motifs is 1. The number of hydrogen-bond acceptors (Lipinski definition) is 4. The van der Waals surface area contributed by atoms with Crippen molar-refractivity contribution >= 4 is 11.6 Å². The molecular formula is C14H16ClN3O2. The first-order valence-electron chi connectivity index (χ1n) is 6.60. The van der Waals surface area contributed by atoms with Crippen LogP contribution in [0, 0.1) is 0 Å². The maximum atomic E-state index is 6.25. The van der Waals surface area contributed by atoms with Gasteiger partial charge in [-0.3, -0.25) is 5.10 Å². The van der Waals surface area contributed by atoms with E-state index in [1.807, 2.05) is 18.2 Å². The van der Waals surface area contributed by atoms with Crippen LogP contribution < -0.4 is 14.8 Å². The lowest BCUT2D eigenvalue weighted by atomic mass is 10.2. The van der Waals surface area contributed by atoms with Crippen molar-refractivity contribution in [3.8, 4) is 11.5 Å². The second-order valence-electron chi connectivity index (χ2n) is 4.64. The maximum Gasteiger partial charge on any atom is 0.179 e. The normalized spacial score (nSPS) is 14.1. The van der Waals surface area contributed by atoms with E-state index in [1.54, 1.807) is 6.20 Å². The third kappa shape index (κ3) is 3.05. The van der Waals surface area contributed by atoms with Crippen molar-refractivity contribution in [2.75, 3.05) is 13.2 Å². The number of H-pyrrole nitrogens is 1. The van der Waals surface area contributed by atoms with Gasteiger partial charge in [0.05, 0.1) is 18.2 Å². The minimum absolute atomic E-state index is 0.600. The van der Waals surface area contributed by atoms with E-state index in [-0.39, 0.29) is 0 Å². The minimum atomic E-state index is 0.600. The minimum Gasteiger partial charge on any atom is -0.489 e. The Morgan fingerprint density at radius 3 is 3.00 bits per heavy atom. The second kappa shape index (κ2) is 6.15. The summed E-state index contributed by atoms with van der Waals surface area (Å²) < 4.78 is 11.3. The molecule has 0 fully saturated rings. The van der Waals surface area contributed by atoms with Crippen LogP contribution in [0.25, 0.3) is 0 Å². The highest BCUT2D eigenvalue weighted by Gasteiger charge is 2.15. The standard InChI is InChI=1S/C14H16ClN3O2/c15-12-6-10(8-16-9-11-2-3-17-18-11)7-13-14(12)20-5-1-4-19-13/h2-3,6-7,16H,1,4-5,8-9H2,(H,17,18). The average Bonchev–Trinajstić information content (AvgIpc) is 2.83. The third-order valence-corrected chi connectivity index (χ3v) is 3.35. The van der Waals surface area contributed by atoms with Crippen LogP contribution >= 0.6 is 11.6 Å². The van der Waals surface area contributed by atoms with Crippen LogP contribution in [0.1, 0.15) is 17.7 Å². The van der Waals surface area contributed by atoms with E-state index in [4.69, 9.17) is 21.1 Å². The smallest absolute Gasteiger partial charge is 0.179 e. The largest absolute Gasteiger partial charge is 0.489 e.